The van der Waals surface area contributed by atoms with Gasteiger partial charge in [0.1, 0.15) is 17.8 Å². The lowest BCUT2D eigenvalue weighted by molar-refractivity contribution is -0.169. The molecule has 1 aliphatic carbocycles. The highest BCUT2D eigenvalue weighted by Crippen LogP contribution is 2.52. The van der Waals surface area contributed by atoms with E-state index in [4.69, 9.17) is 9.72 Å². The van der Waals surface area contributed by atoms with Gasteiger partial charge in [-0.15, -0.1) is 0 Å². The Morgan fingerprint density at radius 3 is 2.83 bits per heavy atom. The van der Waals surface area contributed by atoms with Gasteiger partial charge >= 0.3 is 5.97 Å². The summed E-state index contributed by atoms with van der Waals surface area (Å²) in [5.41, 5.74) is 5.21. The predicted octanol–water partition coefficient (Wildman–Crippen LogP) is 5.04. The Balaban J connectivity index is 1.17. The number of hydrogen-bond donors (Lipinski definition) is 1. The monoisotopic (exact) mass is 483 g/mol. The number of fused-ring (bicyclic) bond motifs is 8. The number of allylic oxidation sites excluding steroid dienone is 1. The van der Waals surface area contributed by atoms with Crippen LogP contribution in [0.15, 0.2) is 48.6 Å². The molecule has 0 bridgehead atoms. The van der Waals surface area contributed by atoms with Crippen molar-refractivity contribution in [1.82, 2.24) is 14.5 Å². The lowest BCUT2D eigenvalue weighted by Gasteiger charge is -2.34. The summed E-state index contributed by atoms with van der Waals surface area (Å²) in [5.74, 6) is 0.571. The van der Waals surface area contributed by atoms with Crippen LogP contribution in [0.1, 0.15) is 66.6 Å². The van der Waals surface area contributed by atoms with Gasteiger partial charge in [0, 0.05) is 48.7 Å². The molecule has 6 nitrogen and oxygen atoms in total. The molecule has 3 aromatic rings. The number of para-hydroxylation sites is 1. The normalized spacial score (nSPS) is 27.8. The van der Waals surface area contributed by atoms with E-state index >= 15 is 0 Å². The lowest BCUT2D eigenvalue weighted by Crippen LogP contribution is -2.42. The second kappa shape index (κ2) is 8.77. The summed E-state index contributed by atoms with van der Waals surface area (Å²) in [6.07, 6.45) is 10.6. The molecule has 4 aliphatic rings. The Morgan fingerprint density at radius 1 is 1.03 bits per heavy atom. The minimum Gasteiger partial charge on any atom is -0.506 e. The molecule has 36 heavy (non-hydrogen) atoms. The minimum absolute atomic E-state index is 0.200. The van der Waals surface area contributed by atoms with Crippen molar-refractivity contribution in [2.24, 2.45) is 5.92 Å². The zero-order valence-corrected chi connectivity index (χ0v) is 20.6. The van der Waals surface area contributed by atoms with Gasteiger partial charge in [0.2, 0.25) is 0 Å². The maximum atomic E-state index is 12.6. The fourth-order valence-electron chi connectivity index (χ4n) is 7.03. The second-order valence-electron chi connectivity index (χ2n) is 11.0. The van der Waals surface area contributed by atoms with Gasteiger partial charge in [-0.25, -0.2) is 0 Å². The molecule has 6 heteroatoms. The molecule has 0 saturated carbocycles. The molecule has 1 N–H and O–H groups in total. The van der Waals surface area contributed by atoms with E-state index in [0.29, 0.717) is 17.6 Å². The molecule has 186 valence electrons. The van der Waals surface area contributed by atoms with Crippen LogP contribution in [0.5, 0.6) is 5.75 Å². The third kappa shape index (κ3) is 3.57. The van der Waals surface area contributed by atoms with E-state index < -0.39 is 0 Å². The molecule has 2 fully saturated rings. The van der Waals surface area contributed by atoms with E-state index in [1.807, 2.05) is 18.2 Å². The summed E-state index contributed by atoms with van der Waals surface area (Å²) in [7, 11) is 0. The first-order valence-electron chi connectivity index (χ1n) is 13.6. The van der Waals surface area contributed by atoms with Gasteiger partial charge in [0.25, 0.3) is 0 Å². The SMILES string of the molecule is O=C1OC2C=CCCCCCCc3c(c(O)c4n3CC3CN(Cc5ccc6ccccc6n5)CC43)C12. The summed E-state index contributed by atoms with van der Waals surface area (Å²) < 4.78 is 7.88. The number of hydrogen-bond acceptors (Lipinski definition) is 5. The highest BCUT2D eigenvalue weighted by Gasteiger charge is 2.50. The van der Waals surface area contributed by atoms with Crippen LogP contribution < -0.4 is 0 Å². The highest BCUT2D eigenvalue weighted by molar-refractivity contribution is 5.87. The minimum atomic E-state index is -0.369. The van der Waals surface area contributed by atoms with E-state index in [1.165, 1.54) is 30.3 Å². The van der Waals surface area contributed by atoms with Gasteiger partial charge in [-0.3, -0.25) is 14.7 Å². The van der Waals surface area contributed by atoms with E-state index in [9.17, 15) is 9.90 Å². The summed E-state index contributed by atoms with van der Waals surface area (Å²) >= 11 is 0. The Kier molecular flexibility index (Phi) is 5.38. The second-order valence-corrected chi connectivity index (χ2v) is 11.0. The number of aromatic nitrogens is 2. The topological polar surface area (TPSA) is 67.6 Å². The number of pyridine rings is 1. The quantitative estimate of drug-likeness (QED) is 0.408. The van der Waals surface area contributed by atoms with Crippen LogP contribution in [-0.2, 0) is 29.0 Å². The molecule has 2 aromatic heterocycles. The summed E-state index contributed by atoms with van der Waals surface area (Å²) in [6.45, 7) is 3.66. The molecule has 2 saturated heterocycles. The Bertz CT molecular complexity index is 1360. The fourth-order valence-corrected chi connectivity index (χ4v) is 7.03. The average Bonchev–Trinajstić information content (AvgIpc) is 3.48. The largest absolute Gasteiger partial charge is 0.506 e. The van der Waals surface area contributed by atoms with Crippen LogP contribution >= 0.6 is 0 Å². The van der Waals surface area contributed by atoms with Crippen molar-refractivity contribution in [1.29, 1.82) is 0 Å². The van der Waals surface area contributed by atoms with Crippen LogP contribution in [0.2, 0.25) is 0 Å². The number of esters is 1. The Hall–Kier alpha value is -3.12. The van der Waals surface area contributed by atoms with Crippen molar-refractivity contribution in [2.45, 2.75) is 69.6 Å². The van der Waals surface area contributed by atoms with Gasteiger partial charge in [-0.05, 0) is 49.8 Å². The van der Waals surface area contributed by atoms with Crippen LogP contribution in [0, 0.1) is 5.92 Å². The molecular weight excluding hydrogens is 450 g/mol. The van der Waals surface area contributed by atoms with E-state index in [-0.39, 0.29) is 18.0 Å². The molecule has 5 heterocycles. The Morgan fingerprint density at radius 2 is 1.92 bits per heavy atom. The van der Waals surface area contributed by atoms with Gasteiger partial charge in [0.05, 0.1) is 16.9 Å². The first-order chi connectivity index (χ1) is 17.7. The molecule has 4 atom stereocenters. The predicted molar refractivity (Wildman–Crippen MR) is 138 cm³/mol. The number of carbonyl (C=O) groups excluding carboxylic acids is 1. The molecule has 0 radical (unpaired) electrons. The van der Waals surface area contributed by atoms with Gasteiger partial charge in [0.15, 0.2) is 0 Å². The van der Waals surface area contributed by atoms with E-state index in [2.05, 4.69) is 39.8 Å². The molecule has 7 rings (SSSR count). The highest BCUT2D eigenvalue weighted by atomic mass is 16.6. The van der Waals surface area contributed by atoms with E-state index in [0.717, 1.165) is 67.9 Å². The van der Waals surface area contributed by atoms with E-state index in [1.54, 1.807) is 0 Å². The third-order valence-electron chi connectivity index (χ3n) is 8.76. The molecule has 0 spiro atoms. The summed E-state index contributed by atoms with van der Waals surface area (Å²) in [5, 5.41) is 12.8. The number of ether oxygens (including phenoxy) is 1. The molecule has 3 aliphatic heterocycles. The van der Waals surface area contributed by atoms with Crippen LogP contribution in [0.3, 0.4) is 0 Å². The van der Waals surface area contributed by atoms with Gasteiger partial charge in [-0.2, -0.15) is 0 Å². The first kappa shape index (κ1) is 22.1. The number of rotatable bonds is 2. The number of aromatic hydroxyl groups is 1. The molecule has 1 aromatic carbocycles. The first-order valence-corrected chi connectivity index (χ1v) is 13.6. The number of carbonyl (C=O) groups is 1. The maximum absolute atomic E-state index is 12.6. The fraction of sp³-hybridized carbons (Fsp3) is 0.467. The average molecular weight is 484 g/mol. The Labute approximate surface area is 211 Å². The van der Waals surface area contributed by atoms with Crippen LogP contribution in [0.4, 0.5) is 0 Å². The van der Waals surface area contributed by atoms with Crippen LogP contribution in [0.25, 0.3) is 10.9 Å². The summed E-state index contributed by atoms with van der Waals surface area (Å²) in [4.78, 5) is 20.0. The smallest absolute Gasteiger partial charge is 0.318 e. The third-order valence-corrected chi connectivity index (χ3v) is 8.76. The standard InChI is InChI=1S/C30H33N3O3/c34-29-26-24(11-5-3-1-2-4-6-12-25-27(26)30(35)36-25)33-16-20-15-32(18-22(20)28(29)33)17-21-14-13-19-9-7-8-10-23(19)31-21/h6-10,12-14,20,22,25,27,34H,1-5,11,15-18H2. The van der Waals surface area contributed by atoms with Crippen molar-refractivity contribution < 1.29 is 14.6 Å². The molecular formula is C30H33N3O3. The van der Waals surface area contributed by atoms with Crippen molar-refractivity contribution in [3.05, 3.63) is 71.2 Å². The van der Waals surface area contributed by atoms with Gasteiger partial charge in [-0.1, -0.05) is 43.2 Å². The van der Waals surface area contributed by atoms with Gasteiger partial charge < -0.3 is 14.4 Å². The maximum Gasteiger partial charge on any atom is 0.318 e. The van der Waals surface area contributed by atoms with Crippen molar-refractivity contribution >= 4 is 16.9 Å². The number of benzene rings is 1. The lowest BCUT2D eigenvalue weighted by atomic mass is 9.85. The summed E-state index contributed by atoms with van der Waals surface area (Å²) in [6, 6.07) is 12.5. The zero-order valence-electron chi connectivity index (χ0n) is 20.6. The molecule has 0 amide bonds. The van der Waals surface area contributed by atoms with Crippen molar-refractivity contribution in [2.75, 3.05) is 13.1 Å². The van der Waals surface area contributed by atoms with Crippen LogP contribution in [-0.4, -0.2) is 44.7 Å². The number of likely N-dealkylation sites (tertiary alicyclic amines) is 1. The zero-order chi connectivity index (χ0) is 24.2. The number of nitrogens with zero attached hydrogens (tertiary/aromatic N) is 3. The van der Waals surface area contributed by atoms with Crippen molar-refractivity contribution in [3.8, 4) is 5.75 Å². The van der Waals surface area contributed by atoms with Crippen molar-refractivity contribution in [3.63, 3.8) is 0 Å². The molecule has 4 unspecified atom stereocenters.